The molecule has 124 valence electrons. The van der Waals surface area contributed by atoms with Crippen LogP contribution in [0.1, 0.15) is 36.0 Å². The molecule has 1 aliphatic heterocycles. The van der Waals surface area contributed by atoms with E-state index in [9.17, 15) is 0 Å². The van der Waals surface area contributed by atoms with Gasteiger partial charge in [0.15, 0.2) is 0 Å². The second-order valence-corrected chi connectivity index (χ2v) is 8.13. The highest BCUT2D eigenvalue weighted by Gasteiger charge is 2.21. The van der Waals surface area contributed by atoms with Gasteiger partial charge in [-0.25, -0.2) is 9.97 Å². The van der Waals surface area contributed by atoms with E-state index in [1.54, 1.807) is 11.3 Å². The first-order chi connectivity index (χ1) is 11.7. The molecule has 0 aliphatic carbocycles. The largest absolute Gasteiger partial charge is 0.356 e. The summed E-state index contributed by atoms with van der Waals surface area (Å²) in [7, 11) is 0. The summed E-state index contributed by atoms with van der Waals surface area (Å²) >= 11 is 1.78. The zero-order valence-corrected chi connectivity index (χ0v) is 15.1. The summed E-state index contributed by atoms with van der Waals surface area (Å²) in [5.41, 5.74) is 1.27. The molecule has 3 heterocycles. The first kappa shape index (κ1) is 15.6. The highest BCUT2D eigenvalue weighted by Crippen LogP contribution is 2.33. The number of nitrogens with zero attached hydrogens (tertiary/aromatic N) is 3. The van der Waals surface area contributed by atoms with Crippen LogP contribution in [0, 0.1) is 12.8 Å². The fourth-order valence-corrected chi connectivity index (χ4v) is 4.44. The van der Waals surface area contributed by atoms with Crippen LogP contribution in [0.25, 0.3) is 10.2 Å². The Bertz CT molecular complexity index is 841. The normalized spacial score (nSPS) is 18.2. The number of piperidine rings is 1. The van der Waals surface area contributed by atoms with E-state index >= 15 is 0 Å². The van der Waals surface area contributed by atoms with E-state index < -0.39 is 0 Å². The predicted molar refractivity (Wildman–Crippen MR) is 102 cm³/mol. The van der Waals surface area contributed by atoms with E-state index in [0.717, 1.165) is 41.9 Å². The summed E-state index contributed by atoms with van der Waals surface area (Å²) in [5.74, 6) is 2.81. The number of rotatable bonds is 3. The fourth-order valence-electron chi connectivity index (χ4n) is 3.55. The average molecular weight is 337 g/mol. The van der Waals surface area contributed by atoms with Crippen LogP contribution in [0.15, 0.2) is 36.4 Å². The maximum Gasteiger partial charge on any atom is 0.141 e. The third-order valence-electron chi connectivity index (χ3n) is 4.70. The van der Waals surface area contributed by atoms with Crippen LogP contribution in [0.3, 0.4) is 0 Å². The molecule has 0 bridgehead atoms. The first-order valence-corrected chi connectivity index (χ1v) is 9.56. The van der Waals surface area contributed by atoms with Gasteiger partial charge in [-0.05, 0) is 37.3 Å². The Morgan fingerprint density at radius 1 is 1.21 bits per heavy atom. The molecule has 1 unspecified atom stereocenters. The van der Waals surface area contributed by atoms with Crippen LogP contribution in [-0.2, 0) is 6.42 Å². The second kappa shape index (κ2) is 6.52. The molecular weight excluding hydrogens is 314 g/mol. The third kappa shape index (κ3) is 3.16. The molecule has 1 fully saturated rings. The number of aromatic nitrogens is 2. The van der Waals surface area contributed by atoms with Crippen molar-refractivity contribution >= 4 is 27.4 Å². The highest BCUT2D eigenvalue weighted by molar-refractivity contribution is 7.18. The number of aryl methyl sites for hydroxylation is 1. The zero-order chi connectivity index (χ0) is 16.5. The summed E-state index contributed by atoms with van der Waals surface area (Å²) < 4.78 is 0. The Kier molecular flexibility index (Phi) is 4.23. The lowest BCUT2D eigenvalue weighted by atomic mass is 10.0. The van der Waals surface area contributed by atoms with Crippen LogP contribution >= 0.6 is 11.3 Å². The molecule has 3 aromatic rings. The molecule has 1 saturated heterocycles. The van der Waals surface area contributed by atoms with Crippen molar-refractivity contribution in [2.45, 2.75) is 33.1 Å². The van der Waals surface area contributed by atoms with Crippen molar-refractivity contribution in [1.29, 1.82) is 0 Å². The van der Waals surface area contributed by atoms with Crippen molar-refractivity contribution < 1.29 is 0 Å². The van der Waals surface area contributed by atoms with Gasteiger partial charge in [-0.3, -0.25) is 0 Å². The summed E-state index contributed by atoms with van der Waals surface area (Å²) in [6.45, 7) is 6.71. The molecule has 0 saturated carbocycles. The van der Waals surface area contributed by atoms with Crippen LogP contribution in [-0.4, -0.2) is 23.1 Å². The van der Waals surface area contributed by atoms with Crippen molar-refractivity contribution in [3.63, 3.8) is 0 Å². The van der Waals surface area contributed by atoms with Gasteiger partial charge in [0.05, 0.1) is 5.39 Å². The van der Waals surface area contributed by atoms with Crippen LogP contribution in [0.2, 0.25) is 0 Å². The lowest BCUT2D eigenvalue weighted by Crippen LogP contribution is -2.35. The molecular formula is C20H23N3S. The second-order valence-electron chi connectivity index (χ2n) is 6.90. The Balaban J connectivity index is 1.75. The molecule has 24 heavy (non-hydrogen) atoms. The summed E-state index contributed by atoms with van der Waals surface area (Å²) in [6, 6.07) is 12.8. The van der Waals surface area contributed by atoms with Gasteiger partial charge in [-0.2, -0.15) is 0 Å². The van der Waals surface area contributed by atoms with Crippen molar-refractivity contribution in [1.82, 2.24) is 9.97 Å². The molecule has 0 N–H and O–H groups in total. The molecule has 4 rings (SSSR count). The first-order valence-electron chi connectivity index (χ1n) is 8.75. The van der Waals surface area contributed by atoms with Crippen molar-refractivity contribution in [2.75, 3.05) is 18.0 Å². The van der Waals surface area contributed by atoms with Crippen LogP contribution < -0.4 is 4.90 Å². The maximum absolute atomic E-state index is 4.99. The molecule has 0 spiro atoms. The van der Waals surface area contributed by atoms with E-state index in [0.29, 0.717) is 0 Å². The quantitative estimate of drug-likeness (QED) is 0.685. The minimum Gasteiger partial charge on any atom is -0.356 e. The predicted octanol–water partition coefficient (Wildman–Crippen LogP) is 4.83. The van der Waals surface area contributed by atoms with Gasteiger partial charge in [0.25, 0.3) is 0 Å². The molecule has 2 aromatic heterocycles. The monoisotopic (exact) mass is 337 g/mol. The third-order valence-corrected chi connectivity index (χ3v) is 5.65. The zero-order valence-electron chi connectivity index (χ0n) is 14.3. The van der Waals surface area contributed by atoms with E-state index in [2.05, 4.69) is 55.1 Å². The molecule has 0 radical (unpaired) electrons. The highest BCUT2D eigenvalue weighted by atomic mass is 32.1. The van der Waals surface area contributed by atoms with Crippen molar-refractivity contribution in [2.24, 2.45) is 5.92 Å². The number of hydrogen-bond donors (Lipinski definition) is 0. The number of hydrogen-bond acceptors (Lipinski definition) is 4. The molecule has 3 nitrogen and oxygen atoms in total. The molecule has 4 heteroatoms. The van der Waals surface area contributed by atoms with E-state index in [-0.39, 0.29) is 0 Å². The summed E-state index contributed by atoms with van der Waals surface area (Å²) in [4.78, 5) is 14.7. The van der Waals surface area contributed by atoms with E-state index in [1.807, 2.05) is 0 Å². The van der Waals surface area contributed by atoms with Gasteiger partial charge in [0.1, 0.15) is 16.5 Å². The SMILES string of the molecule is Cc1cc2c(N3CCCC(C)C3)nc(Cc3ccccc3)nc2s1. The van der Waals surface area contributed by atoms with Gasteiger partial charge in [0, 0.05) is 24.4 Å². The minimum absolute atomic E-state index is 0.737. The minimum atomic E-state index is 0.737. The summed E-state index contributed by atoms with van der Waals surface area (Å²) in [5, 5.41) is 1.23. The molecule has 1 atom stereocenters. The van der Waals surface area contributed by atoms with Gasteiger partial charge in [-0.15, -0.1) is 11.3 Å². The van der Waals surface area contributed by atoms with Gasteiger partial charge in [0.2, 0.25) is 0 Å². The topological polar surface area (TPSA) is 29.0 Å². The molecule has 0 amide bonds. The molecule has 1 aromatic carbocycles. The summed E-state index contributed by atoms with van der Waals surface area (Å²) in [6.07, 6.45) is 3.37. The Morgan fingerprint density at radius 3 is 2.83 bits per heavy atom. The number of thiophene rings is 1. The van der Waals surface area contributed by atoms with Crippen molar-refractivity contribution in [3.8, 4) is 0 Å². The number of anilines is 1. The number of fused-ring (bicyclic) bond motifs is 1. The Labute approximate surface area is 147 Å². The lowest BCUT2D eigenvalue weighted by Gasteiger charge is -2.32. The Hall–Kier alpha value is -1.94. The van der Waals surface area contributed by atoms with E-state index in [4.69, 9.17) is 9.97 Å². The smallest absolute Gasteiger partial charge is 0.141 e. The standard InChI is InChI=1S/C20H23N3S/c1-14-7-6-10-23(13-14)19-17-11-15(2)24-20(17)22-18(21-19)12-16-8-4-3-5-9-16/h3-5,8-9,11,14H,6-7,10,12-13H2,1-2H3. The molecule has 1 aliphatic rings. The van der Waals surface area contributed by atoms with Gasteiger partial charge in [-0.1, -0.05) is 37.3 Å². The maximum atomic E-state index is 4.99. The average Bonchev–Trinajstić information content (AvgIpc) is 2.95. The van der Waals surface area contributed by atoms with Crippen LogP contribution in [0.4, 0.5) is 5.82 Å². The van der Waals surface area contributed by atoms with Gasteiger partial charge >= 0.3 is 0 Å². The Morgan fingerprint density at radius 2 is 2.04 bits per heavy atom. The van der Waals surface area contributed by atoms with Crippen molar-refractivity contribution in [3.05, 3.63) is 52.7 Å². The van der Waals surface area contributed by atoms with Gasteiger partial charge < -0.3 is 4.90 Å². The lowest BCUT2D eigenvalue weighted by molar-refractivity contribution is 0.445. The van der Waals surface area contributed by atoms with E-state index in [1.165, 1.54) is 28.7 Å². The number of benzene rings is 1. The van der Waals surface area contributed by atoms with Crippen LogP contribution in [0.5, 0.6) is 0 Å². The fraction of sp³-hybridized carbons (Fsp3) is 0.400.